The van der Waals surface area contributed by atoms with Gasteiger partial charge in [0.2, 0.25) is 5.91 Å². The summed E-state index contributed by atoms with van der Waals surface area (Å²) in [6.07, 6.45) is 0.663. The van der Waals surface area contributed by atoms with E-state index in [0.717, 1.165) is 23.9 Å². The molecule has 1 aromatic carbocycles. The molecule has 0 fully saturated rings. The molecule has 2 aromatic rings. The maximum absolute atomic E-state index is 12.7. The lowest BCUT2D eigenvalue weighted by Crippen LogP contribution is -2.31. The number of anilines is 1. The molecule has 0 unspecified atom stereocenters. The Hall–Kier alpha value is -2.73. The predicted molar refractivity (Wildman–Crippen MR) is 90.9 cm³/mol. The van der Waals surface area contributed by atoms with Gasteiger partial charge in [-0.2, -0.15) is 13.2 Å². The molecule has 1 aliphatic heterocycles. The first-order chi connectivity index (χ1) is 12.3. The van der Waals surface area contributed by atoms with Crippen LogP contribution in [0.1, 0.15) is 29.0 Å². The van der Waals surface area contributed by atoms with Crippen molar-refractivity contribution in [1.82, 2.24) is 9.97 Å². The van der Waals surface area contributed by atoms with E-state index in [9.17, 15) is 22.8 Å². The molecule has 5 nitrogen and oxygen atoms in total. The Balaban J connectivity index is 2.02. The summed E-state index contributed by atoms with van der Waals surface area (Å²) in [5.41, 5.74) is -0.603. The van der Waals surface area contributed by atoms with E-state index in [1.165, 1.54) is 12.1 Å². The Morgan fingerprint density at radius 2 is 1.96 bits per heavy atom. The number of H-pyrrole nitrogens is 1. The number of nitrogens with one attached hydrogen (secondary N) is 2. The molecule has 0 saturated carbocycles. The Kier molecular flexibility index (Phi) is 4.78. The van der Waals surface area contributed by atoms with Crippen molar-refractivity contribution in [3.63, 3.8) is 0 Å². The number of benzene rings is 1. The minimum atomic E-state index is -4.46. The summed E-state index contributed by atoms with van der Waals surface area (Å²) in [7, 11) is 0. The third kappa shape index (κ3) is 3.60. The highest BCUT2D eigenvalue weighted by atomic mass is 32.2. The number of thioether (sulfide) groups is 1. The molecule has 9 heteroatoms. The predicted octanol–water partition coefficient (Wildman–Crippen LogP) is 2.99. The monoisotopic (exact) mass is 379 g/mol. The largest absolute Gasteiger partial charge is 0.416 e. The van der Waals surface area contributed by atoms with E-state index >= 15 is 0 Å². The van der Waals surface area contributed by atoms with Crippen molar-refractivity contribution in [2.45, 2.75) is 23.7 Å². The highest BCUT2D eigenvalue weighted by Crippen LogP contribution is 2.36. The summed E-state index contributed by atoms with van der Waals surface area (Å²) in [6, 6.07) is 4.41. The molecule has 2 heterocycles. The van der Waals surface area contributed by atoms with Gasteiger partial charge in [-0.25, -0.2) is 4.98 Å². The summed E-state index contributed by atoms with van der Waals surface area (Å²) < 4.78 is 38.2. The molecule has 1 amide bonds. The molecule has 1 aromatic heterocycles. The van der Waals surface area contributed by atoms with Crippen LogP contribution in [0.2, 0.25) is 0 Å². The fraction of sp³-hybridized carbons (Fsp3) is 0.235. The number of hydrogen-bond acceptors (Lipinski definition) is 4. The average Bonchev–Trinajstić information content (AvgIpc) is 2.58. The highest BCUT2D eigenvalue weighted by Gasteiger charge is 2.33. The molecule has 0 aliphatic carbocycles. The van der Waals surface area contributed by atoms with E-state index in [4.69, 9.17) is 6.42 Å². The molecule has 0 saturated heterocycles. The maximum Gasteiger partial charge on any atom is 0.416 e. The smallest absolute Gasteiger partial charge is 0.310 e. The standard InChI is InChI=1S/C17H12F3N3O2S/c1-2-7-26-16-22-14-13(15(25)23-16)11(8-12(24)21-14)9-3-5-10(6-4-9)17(18,19)20/h1,3-6,11H,7-8H2,(H2,21,22,23,24,25)/t11-/m0/s1. The summed E-state index contributed by atoms with van der Waals surface area (Å²) in [4.78, 5) is 31.2. The van der Waals surface area contributed by atoms with Gasteiger partial charge in [0.1, 0.15) is 5.82 Å². The van der Waals surface area contributed by atoms with Crippen LogP contribution < -0.4 is 10.9 Å². The summed E-state index contributed by atoms with van der Waals surface area (Å²) in [5, 5.41) is 2.80. The molecular weight excluding hydrogens is 367 g/mol. The molecule has 3 rings (SSSR count). The van der Waals surface area contributed by atoms with Gasteiger partial charge < -0.3 is 10.3 Å². The lowest BCUT2D eigenvalue weighted by molar-refractivity contribution is -0.137. The number of hydrogen-bond donors (Lipinski definition) is 2. The number of alkyl halides is 3. The van der Waals surface area contributed by atoms with Crippen molar-refractivity contribution in [3.05, 3.63) is 51.3 Å². The van der Waals surface area contributed by atoms with Crippen LogP contribution in [-0.2, 0) is 11.0 Å². The Morgan fingerprint density at radius 1 is 1.27 bits per heavy atom. The zero-order chi connectivity index (χ0) is 18.9. The SMILES string of the molecule is C#CCSc1nc2c(c(=O)[nH]1)[C@H](c1ccc(C(F)(F)F)cc1)CC(=O)N2. The first kappa shape index (κ1) is 18.1. The van der Waals surface area contributed by atoms with Crippen LogP contribution in [0.4, 0.5) is 19.0 Å². The minimum Gasteiger partial charge on any atom is -0.310 e. The highest BCUT2D eigenvalue weighted by molar-refractivity contribution is 7.99. The van der Waals surface area contributed by atoms with Crippen LogP contribution >= 0.6 is 11.8 Å². The second-order valence-corrected chi connectivity index (χ2v) is 6.51. The normalized spacial score (nSPS) is 16.5. The first-order valence-corrected chi connectivity index (χ1v) is 8.45. The van der Waals surface area contributed by atoms with Crippen LogP contribution in [0.25, 0.3) is 0 Å². The van der Waals surface area contributed by atoms with Gasteiger partial charge in [-0.15, -0.1) is 6.42 Å². The van der Waals surface area contributed by atoms with Gasteiger partial charge in [0, 0.05) is 12.3 Å². The fourth-order valence-electron chi connectivity index (χ4n) is 2.72. The van der Waals surface area contributed by atoms with Crippen molar-refractivity contribution in [1.29, 1.82) is 0 Å². The second-order valence-electron chi connectivity index (χ2n) is 5.55. The first-order valence-electron chi connectivity index (χ1n) is 7.47. The van der Waals surface area contributed by atoms with Gasteiger partial charge in [0.15, 0.2) is 5.16 Å². The molecule has 0 spiro atoms. The molecule has 1 aliphatic rings. The Labute approximate surface area is 150 Å². The van der Waals surface area contributed by atoms with E-state index in [1.807, 2.05) is 0 Å². The number of aromatic amines is 1. The van der Waals surface area contributed by atoms with Crippen molar-refractivity contribution in [3.8, 4) is 12.3 Å². The number of nitrogens with zero attached hydrogens (tertiary/aromatic N) is 1. The van der Waals surface area contributed by atoms with Crippen molar-refractivity contribution in [2.75, 3.05) is 11.1 Å². The second kappa shape index (κ2) is 6.88. The van der Waals surface area contributed by atoms with E-state index in [1.54, 1.807) is 0 Å². The van der Waals surface area contributed by atoms with Crippen LogP contribution in [0.5, 0.6) is 0 Å². The molecule has 0 radical (unpaired) electrons. The maximum atomic E-state index is 12.7. The zero-order valence-electron chi connectivity index (χ0n) is 13.2. The summed E-state index contributed by atoms with van der Waals surface area (Å²) in [5.74, 6) is 1.75. The average molecular weight is 379 g/mol. The molecule has 134 valence electrons. The quantitative estimate of drug-likeness (QED) is 0.488. The van der Waals surface area contributed by atoms with Crippen molar-refractivity contribution >= 4 is 23.5 Å². The topological polar surface area (TPSA) is 74.8 Å². The van der Waals surface area contributed by atoms with Crippen LogP contribution in [-0.4, -0.2) is 21.6 Å². The van der Waals surface area contributed by atoms with Gasteiger partial charge in [0.05, 0.1) is 16.9 Å². The van der Waals surface area contributed by atoms with Gasteiger partial charge in [-0.1, -0.05) is 29.8 Å². The summed E-state index contributed by atoms with van der Waals surface area (Å²) in [6.45, 7) is 0. The fourth-order valence-corrected chi connectivity index (χ4v) is 3.26. The Bertz CT molecular complexity index is 946. The Morgan fingerprint density at radius 3 is 2.58 bits per heavy atom. The van der Waals surface area contributed by atoms with E-state index < -0.39 is 23.2 Å². The third-order valence-corrected chi connectivity index (χ3v) is 4.64. The van der Waals surface area contributed by atoms with E-state index in [2.05, 4.69) is 21.2 Å². The number of halogens is 3. The number of fused-ring (bicyclic) bond motifs is 1. The lowest BCUT2D eigenvalue weighted by Gasteiger charge is -2.24. The molecule has 26 heavy (non-hydrogen) atoms. The van der Waals surface area contributed by atoms with Gasteiger partial charge in [-0.3, -0.25) is 9.59 Å². The van der Waals surface area contributed by atoms with Crippen LogP contribution in [0, 0.1) is 12.3 Å². The summed E-state index contributed by atoms with van der Waals surface area (Å²) >= 11 is 1.13. The van der Waals surface area contributed by atoms with Gasteiger partial charge in [-0.05, 0) is 17.7 Å². The lowest BCUT2D eigenvalue weighted by atomic mass is 9.86. The molecule has 0 bridgehead atoms. The number of aromatic nitrogens is 2. The minimum absolute atomic E-state index is 0.0556. The van der Waals surface area contributed by atoms with Crippen LogP contribution in [0.15, 0.2) is 34.2 Å². The van der Waals surface area contributed by atoms with Crippen molar-refractivity contribution < 1.29 is 18.0 Å². The van der Waals surface area contributed by atoms with E-state index in [0.29, 0.717) is 5.56 Å². The number of carbonyl (C=O) groups excluding carboxylic acids is 1. The van der Waals surface area contributed by atoms with Crippen LogP contribution in [0.3, 0.4) is 0 Å². The third-order valence-electron chi connectivity index (χ3n) is 3.86. The molecule has 2 N–H and O–H groups in total. The number of terminal acetylenes is 1. The van der Waals surface area contributed by atoms with E-state index in [-0.39, 0.29) is 34.6 Å². The number of amides is 1. The molecular formula is C17H12F3N3O2S. The molecule has 1 atom stereocenters. The number of rotatable bonds is 3. The van der Waals surface area contributed by atoms with Gasteiger partial charge >= 0.3 is 6.18 Å². The van der Waals surface area contributed by atoms with Crippen molar-refractivity contribution in [2.24, 2.45) is 0 Å². The zero-order valence-corrected chi connectivity index (χ0v) is 14.0. The van der Waals surface area contributed by atoms with Gasteiger partial charge in [0.25, 0.3) is 5.56 Å². The number of carbonyl (C=O) groups is 1.